The molecule has 0 fully saturated rings. The van der Waals surface area contributed by atoms with Gasteiger partial charge < -0.3 is 18.6 Å². The number of ketones is 1. The van der Waals surface area contributed by atoms with Gasteiger partial charge in [0, 0.05) is 44.7 Å². The summed E-state index contributed by atoms with van der Waals surface area (Å²) in [5.41, 5.74) is 2.58. The SMILES string of the molecule is CC.CCn1nnc2c1CCCCCC2.[CH2-]C(CC(C)(C)C)C(=O)C(C)(C)C.[CH2-]CCC.[Y]. The van der Waals surface area contributed by atoms with E-state index in [-0.39, 0.29) is 55.2 Å². The molecular weight excluding hydrogens is 483 g/mol. The summed E-state index contributed by atoms with van der Waals surface area (Å²) in [5, 5.41) is 8.41. The Morgan fingerprint density at radius 3 is 1.88 bits per heavy atom. The van der Waals surface area contributed by atoms with Crippen LogP contribution in [0.4, 0.5) is 0 Å². The molecule has 1 aromatic rings. The smallest absolute Gasteiger partial charge is 0.111 e. The largest absolute Gasteiger partial charge is 0.343 e. The molecule has 0 saturated heterocycles. The monoisotopic (exact) mass is 538 g/mol. The van der Waals surface area contributed by atoms with Crippen molar-refractivity contribution in [1.82, 2.24) is 15.0 Å². The van der Waals surface area contributed by atoms with Gasteiger partial charge >= 0.3 is 0 Å². The summed E-state index contributed by atoms with van der Waals surface area (Å²) in [6, 6.07) is 0. The Morgan fingerprint density at radius 2 is 1.48 bits per heavy atom. The second kappa shape index (κ2) is 20.1. The van der Waals surface area contributed by atoms with Crippen LogP contribution >= 0.6 is 0 Å². The second-order valence-corrected chi connectivity index (χ2v) is 10.6. The van der Waals surface area contributed by atoms with Crippen molar-refractivity contribution in [3.63, 3.8) is 0 Å². The maximum absolute atomic E-state index is 11.8. The van der Waals surface area contributed by atoms with Crippen LogP contribution in [0.2, 0.25) is 0 Å². The first-order chi connectivity index (χ1) is 14.9. The minimum Gasteiger partial charge on any atom is -0.343 e. The first kappa shape index (κ1) is 37.5. The van der Waals surface area contributed by atoms with Crippen molar-refractivity contribution < 1.29 is 37.5 Å². The number of hydrogen-bond donors (Lipinski definition) is 0. The molecule has 1 aliphatic rings. The van der Waals surface area contributed by atoms with Crippen LogP contribution in [-0.4, -0.2) is 20.8 Å². The number of hydrogen-bond acceptors (Lipinski definition) is 3. The summed E-state index contributed by atoms with van der Waals surface area (Å²) in [6.07, 6.45) is 10.8. The number of carbonyl (C=O) groups is 1. The first-order valence-corrected chi connectivity index (χ1v) is 12.9. The van der Waals surface area contributed by atoms with Crippen LogP contribution in [-0.2, 0) is 56.9 Å². The van der Waals surface area contributed by atoms with Gasteiger partial charge in [0.15, 0.2) is 0 Å². The third-order valence-electron chi connectivity index (χ3n) is 5.12. The molecule has 0 bridgehead atoms. The fraction of sp³-hybridized carbons (Fsp3) is 0.821. The van der Waals surface area contributed by atoms with Gasteiger partial charge in [0.1, 0.15) is 5.78 Å². The van der Waals surface area contributed by atoms with E-state index in [0.717, 1.165) is 25.8 Å². The first-order valence-electron chi connectivity index (χ1n) is 12.9. The van der Waals surface area contributed by atoms with Gasteiger partial charge in [-0.25, -0.2) is 4.68 Å². The number of carbonyl (C=O) groups excluding carboxylic acids is 1. The molecule has 0 spiro atoms. The van der Waals surface area contributed by atoms with E-state index >= 15 is 0 Å². The van der Waals surface area contributed by atoms with Gasteiger partial charge in [-0.1, -0.05) is 93.2 Å². The molecule has 193 valence electrons. The molecule has 1 radical (unpaired) electrons. The summed E-state index contributed by atoms with van der Waals surface area (Å²) < 4.78 is 2.06. The van der Waals surface area contributed by atoms with E-state index in [0.29, 0.717) is 0 Å². The summed E-state index contributed by atoms with van der Waals surface area (Å²) in [5.74, 6) is 0.197. The van der Waals surface area contributed by atoms with E-state index in [4.69, 9.17) is 0 Å². The van der Waals surface area contributed by atoms with Crippen molar-refractivity contribution in [2.45, 2.75) is 134 Å². The van der Waals surface area contributed by atoms with E-state index in [1.165, 1.54) is 49.9 Å². The molecule has 2 rings (SSSR count). The zero-order valence-electron chi connectivity index (χ0n) is 23.9. The predicted octanol–water partition coefficient (Wildman–Crippen LogP) is 8.09. The Bertz CT molecular complexity index is 595. The maximum atomic E-state index is 11.8. The maximum Gasteiger partial charge on any atom is 0.111 e. The number of aryl methyl sites for hydroxylation is 2. The Morgan fingerprint density at radius 1 is 1.00 bits per heavy atom. The average Bonchev–Trinajstić information content (AvgIpc) is 3.08. The molecule has 1 aromatic heterocycles. The molecule has 4 nitrogen and oxygen atoms in total. The summed E-state index contributed by atoms with van der Waals surface area (Å²) >= 11 is 0. The summed E-state index contributed by atoms with van der Waals surface area (Å²) in [6.45, 7) is 29.0. The molecule has 0 aromatic carbocycles. The van der Waals surface area contributed by atoms with Gasteiger partial charge in [-0.05, 0) is 38.0 Å². The van der Waals surface area contributed by atoms with Gasteiger partial charge in [0.05, 0.1) is 11.4 Å². The zero-order chi connectivity index (χ0) is 25.4. The van der Waals surface area contributed by atoms with Crippen LogP contribution in [0, 0.1) is 30.6 Å². The van der Waals surface area contributed by atoms with Gasteiger partial charge in [-0.15, -0.1) is 11.0 Å². The molecule has 1 heterocycles. The van der Waals surface area contributed by atoms with Crippen molar-refractivity contribution in [2.24, 2.45) is 16.7 Å². The Labute approximate surface area is 232 Å². The van der Waals surface area contributed by atoms with E-state index in [9.17, 15) is 4.79 Å². The molecule has 1 aliphatic carbocycles. The van der Waals surface area contributed by atoms with Gasteiger partial charge in [0.25, 0.3) is 0 Å². The van der Waals surface area contributed by atoms with E-state index in [2.05, 4.69) is 63.5 Å². The summed E-state index contributed by atoms with van der Waals surface area (Å²) in [4.78, 5) is 11.8. The van der Waals surface area contributed by atoms with Crippen LogP contribution in [0.5, 0.6) is 0 Å². The van der Waals surface area contributed by atoms with E-state index in [1.807, 2.05) is 34.6 Å². The normalized spacial score (nSPS) is 14.2. The van der Waals surface area contributed by atoms with Gasteiger partial charge in [-0.2, -0.15) is 6.42 Å². The molecule has 1 atom stereocenters. The van der Waals surface area contributed by atoms with Crippen LogP contribution in [0.1, 0.15) is 126 Å². The fourth-order valence-electron chi connectivity index (χ4n) is 3.47. The number of nitrogens with zero attached hydrogens (tertiary/aromatic N) is 3. The zero-order valence-corrected chi connectivity index (χ0v) is 26.7. The Balaban J connectivity index is -0.000000431. The minimum atomic E-state index is -0.252. The number of fused-ring (bicyclic) bond motifs is 1. The molecule has 1 unspecified atom stereocenters. The standard InChI is InChI=1S/C12H23O.C10H17N3.C4H9.C2H6.Y/c1-9(8-11(2,3)4)10(13)12(5,6)7;1-2-13-10-8-6-4-3-5-7-9(10)11-12-13;1-3-4-2;1-2;/h9H,1,8H2,2-7H3;2-8H2,1H3;1,3-4H2,2H3;1-2H3;/q-1;;-1;;. The van der Waals surface area contributed by atoms with Crippen LogP contribution in [0.15, 0.2) is 0 Å². The predicted molar refractivity (Wildman–Crippen MR) is 141 cm³/mol. The molecule has 0 saturated carbocycles. The quantitative estimate of drug-likeness (QED) is 0.364. The number of Topliss-reactive ketones (excluding diaryl/α,β-unsaturated/α-hetero) is 1. The third kappa shape index (κ3) is 17.9. The van der Waals surface area contributed by atoms with Crippen molar-refractivity contribution in [3.8, 4) is 0 Å². The van der Waals surface area contributed by atoms with Crippen LogP contribution in [0.3, 0.4) is 0 Å². The van der Waals surface area contributed by atoms with Crippen molar-refractivity contribution in [1.29, 1.82) is 0 Å². The van der Waals surface area contributed by atoms with E-state index in [1.54, 1.807) is 0 Å². The average molecular weight is 539 g/mol. The third-order valence-corrected chi connectivity index (χ3v) is 5.12. The van der Waals surface area contributed by atoms with Crippen LogP contribution < -0.4 is 0 Å². The van der Waals surface area contributed by atoms with Crippen molar-refractivity contribution in [2.75, 3.05) is 0 Å². The van der Waals surface area contributed by atoms with Crippen molar-refractivity contribution in [3.05, 3.63) is 25.2 Å². The summed E-state index contributed by atoms with van der Waals surface area (Å²) in [7, 11) is 0. The minimum absolute atomic E-state index is 0. The van der Waals surface area contributed by atoms with Gasteiger partial charge in [-0.3, -0.25) is 0 Å². The van der Waals surface area contributed by atoms with Crippen molar-refractivity contribution >= 4 is 5.78 Å². The second-order valence-electron chi connectivity index (χ2n) is 10.6. The molecule has 0 N–H and O–H groups in total. The van der Waals surface area contributed by atoms with E-state index < -0.39 is 0 Å². The topological polar surface area (TPSA) is 47.8 Å². The Kier molecular flexibility index (Phi) is 22.9. The molecule has 0 amide bonds. The van der Waals surface area contributed by atoms with Gasteiger partial charge in [0.2, 0.25) is 0 Å². The van der Waals surface area contributed by atoms with Crippen LogP contribution in [0.25, 0.3) is 0 Å². The fourth-order valence-corrected chi connectivity index (χ4v) is 3.47. The number of rotatable bonds is 4. The molecule has 0 aliphatic heterocycles. The number of unbranched alkanes of at least 4 members (excludes halogenated alkanes) is 1. The molecule has 5 heteroatoms. The number of aromatic nitrogens is 3. The molecule has 33 heavy (non-hydrogen) atoms. The Hall–Kier alpha value is -0.0861. The molecular formula is C28H55N3OY-2.